The van der Waals surface area contributed by atoms with Gasteiger partial charge < -0.3 is 0 Å². The topological polar surface area (TPSA) is 46.2 Å². The van der Waals surface area contributed by atoms with Crippen LogP contribution in [0.3, 0.4) is 0 Å². The molecular weight excluding hydrogens is 226 g/mol. The van der Waals surface area contributed by atoms with Gasteiger partial charge in [-0.05, 0) is 20.4 Å². The summed E-state index contributed by atoms with van der Waals surface area (Å²) >= 11 is 0. The van der Waals surface area contributed by atoms with E-state index in [0.29, 0.717) is 12.3 Å². The average Bonchev–Trinajstić information content (AvgIpc) is 1.98. The van der Waals surface area contributed by atoms with Gasteiger partial charge in [-0.2, -0.15) is 17.7 Å². The molecule has 0 saturated heterocycles. The minimum atomic E-state index is -5.20. The van der Waals surface area contributed by atoms with E-state index in [1.54, 1.807) is 18.3 Å². The zero-order chi connectivity index (χ0) is 10.7. The Morgan fingerprint density at radius 3 is 1.85 bits per heavy atom. The first-order valence-electron chi connectivity index (χ1n) is 3.58. The molecule has 0 aliphatic heterocycles. The molecule has 0 radical (unpaired) electrons. The van der Waals surface area contributed by atoms with Crippen molar-refractivity contribution >= 4 is 18.1 Å². The van der Waals surface area contributed by atoms with Gasteiger partial charge in [0.1, 0.15) is 0 Å². The molecule has 0 aromatic carbocycles. The SMILES string of the molecule is CCP(CC)NS(=O)(=O)C(F)(F)F. The van der Waals surface area contributed by atoms with Crippen molar-refractivity contribution in [3.05, 3.63) is 0 Å². The molecule has 8 heteroatoms. The lowest BCUT2D eigenvalue weighted by molar-refractivity contribution is -0.0440. The van der Waals surface area contributed by atoms with Gasteiger partial charge in [-0.15, -0.1) is 0 Å². The molecule has 0 unspecified atom stereocenters. The van der Waals surface area contributed by atoms with Gasteiger partial charge in [-0.1, -0.05) is 13.8 Å². The van der Waals surface area contributed by atoms with E-state index in [0.717, 1.165) is 0 Å². The van der Waals surface area contributed by atoms with E-state index >= 15 is 0 Å². The standard InChI is InChI=1S/C5H11F3NO2PS/c1-3-12(4-2)9-13(10,11)5(6,7)8/h9H,3-4H2,1-2H3. The summed E-state index contributed by atoms with van der Waals surface area (Å²) in [5.41, 5.74) is -5.20. The molecule has 0 amide bonds. The van der Waals surface area contributed by atoms with E-state index in [9.17, 15) is 21.6 Å². The summed E-state index contributed by atoms with van der Waals surface area (Å²) in [5.74, 6) is 0. The highest BCUT2D eigenvalue weighted by molar-refractivity contribution is 7.95. The van der Waals surface area contributed by atoms with Crippen molar-refractivity contribution in [2.45, 2.75) is 19.4 Å². The van der Waals surface area contributed by atoms with Crippen molar-refractivity contribution in [2.24, 2.45) is 0 Å². The Morgan fingerprint density at radius 2 is 1.62 bits per heavy atom. The summed E-state index contributed by atoms with van der Waals surface area (Å²) in [4.78, 5) is 0. The number of sulfonamides is 1. The van der Waals surface area contributed by atoms with Crippen molar-refractivity contribution in [3.63, 3.8) is 0 Å². The van der Waals surface area contributed by atoms with Crippen LogP contribution in [0.5, 0.6) is 0 Å². The predicted molar refractivity (Wildman–Crippen MR) is 46.1 cm³/mol. The third-order valence-corrected chi connectivity index (χ3v) is 5.45. The second-order valence-electron chi connectivity index (χ2n) is 2.21. The zero-order valence-electron chi connectivity index (χ0n) is 7.22. The normalized spacial score (nSPS) is 13.7. The van der Waals surface area contributed by atoms with Crippen molar-refractivity contribution < 1.29 is 21.6 Å². The molecule has 0 atom stereocenters. The van der Waals surface area contributed by atoms with Gasteiger partial charge >= 0.3 is 15.5 Å². The molecule has 0 aliphatic rings. The quantitative estimate of drug-likeness (QED) is 0.758. The van der Waals surface area contributed by atoms with Crippen LogP contribution in [0.1, 0.15) is 13.8 Å². The smallest absolute Gasteiger partial charge is 0.203 e. The van der Waals surface area contributed by atoms with Crippen LogP contribution in [-0.4, -0.2) is 26.2 Å². The Morgan fingerprint density at radius 1 is 1.23 bits per heavy atom. The monoisotopic (exact) mass is 237 g/mol. The highest BCUT2D eigenvalue weighted by Gasteiger charge is 2.46. The fourth-order valence-electron chi connectivity index (χ4n) is 0.574. The molecule has 0 aromatic heterocycles. The Balaban J connectivity index is 4.52. The van der Waals surface area contributed by atoms with Crippen molar-refractivity contribution in [2.75, 3.05) is 12.3 Å². The minimum absolute atomic E-state index is 0.404. The maximum absolute atomic E-state index is 11.8. The Kier molecular flexibility index (Phi) is 4.62. The molecule has 0 heterocycles. The molecule has 0 aliphatic carbocycles. The van der Waals surface area contributed by atoms with Gasteiger partial charge in [0.2, 0.25) is 0 Å². The van der Waals surface area contributed by atoms with Crippen molar-refractivity contribution in [1.82, 2.24) is 4.49 Å². The molecule has 0 bridgehead atoms. The maximum Gasteiger partial charge on any atom is 0.511 e. The first-order valence-corrected chi connectivity index (χ1v) is 6.77. The summed E-state index contributed by atoms with van der Waals surface area (Å²) in [6.45, 7) is 3.29. The van der Waals surface area contributed by atoms with Crippen LogP contribution in [-0.2, 0) is 10.0 Å². The van der Waals surface area contributed by atoms with E-state index in [1.165, 1.54) is 0 Å². The van der Waals surface area contributed by atoms with Crippen molar-refractivity contribution in [3.8, 4) is 0 Å². The van der Waals surface area contributed by atoms with Crippen LogP contribution in [0, 0.1) is 0 Å². The van der Waals surface area contributed by atoms with E-state index in [1.807, 2.05) is 0 Å². The molecule has 0 spiro atoms. The van der Waals surface area contributed by atoms with E-state index in [4.69, 9.17) is 0 Å². The van der Waals surface area contributed by atoms with Gasteiger partial charge in [-0.25, -0.2) is 8.42 Å². The highest BCUT2D eigenvalue weighted by Crippen LogP contribution is 2.34. The number of nitrogens with one attached hydrogen (secondary N) is 1. The number of rotatable bonds is 4. The molecule has 13 heavy (non-hydrogen) atoms. The highest BCUT2D eigenvalue weighted by atomic mass is 32.2. The molecule has 80 valence electrons. The lowest BCUT2D eigenvalue weighted by atomic mass is 11.0. The number of hydrogen-bond acceptors (Lipinski definition) is 2. The second-order valence-corrected chi connectivity index (χ2v) is 6.76. The Hall–Kier alpha value is 0.130. The summed E-state index contributed by atoms with van der Waals surface area (Å²) in [6.07, 6.45) is 0.808. The van der Waals surface area contributed by atoms with Crippen LogP contribution >= 0.6 is 8.07 Å². The van der Waals surface area contributed by atoms with E-state index in [2.05, 4.69) is 0 Å². The Bertz CT molecular complexity index is 247. The van der Waals surface area contributed by atoms with Gasteiger partial charge in [0.25, 0.3) is 0 Å². The number of hydrogen-bond donors (Lipinski definition) is 1. The fraction of sp³-hybridized carbons (Fsp3) is 1.00. The van der Waals surface area contributed by atoms with Crippen molar-refractivity contribution in [1.29, 1.82) is 0 Å². The molecule has 1 N–H and O–H groups in total. The third kappa shape index (κ3) is 3.79. The number of alkyl halides is 3. The number of halogens is 3. The van der Waals surface area contributed by atoms with Crippen LogP contribution in [0.2, 0.25) is 0 Å². The second kappa shape index (κ2) is 4.57. The van der Waals surface area contributed by atoms with Crippen LogP contribution in [0.15, 0.2) is 0 Å². The van der Waals surface area contributed by atoms with Gasteiger partial charge in [0, 0.05) is 0 Å². The lowest BCUT2D eigenvalue weighted by Crippen LogP contribution is -2.34. The first-order chi connectivity index (χ1) is 5.74. The summed E-state index contributed by atoms with van der Waals surface area (Å²) in [7, 11) is -6.41. The molecule has 3 nitrogen and oxygen atoms in total. The van der Waals surface area contributed by atoms with E-state index < -0.39 is 23.6 Å². The maximum atomic E-state index is 11.8. The lowest BCUT2D eigenvalue weighted by Gasteiger charge is -2.16. The largest absolute Gasteiger partial charge is 0.511 e. The Labute approximate surface area is 76.6 Å². The first kappa shape index (κ1) is 13.1. The van der Waals surface area contributed by atoms with Crippen LogP contribution in [0.4, 0.5) is 13.2 Å². The van der Waals surface area contributed by atoms with Crippen LogP contribution in [0.25, 0.3) is 0 Å². The molecule has 0 saturated carbocycles. The minimum Gasteiger partial charge on any atom is -0.203 e. The molecule has 0 fully saturated rings. The molecular formula is C5H11F3NO2PS. The third-order valence-electron chi connectivity index (χ3n) is 1.32. The molecule has 0 aromatic rings. The summed E-state index contributed by atoms with van der Waals surface area (Å²) < 4.78 is 58.2. The zero-order valence-corrected chi connectivity index (χ0v) is 8.93. The van der Waals surface area contributed by atoms with Gasteiger partial charge in [0.05, 0.1) is 0 Å². The predicted octanol–water partition coefficient (Wildman–Crippen LogP) is 1.86. The van der Waals surface area contributed by atoms with Gasteiger partial charge in [-0.3, -0.25) is 0 Å². The average molecular weight is 237 g/mol. The van der Waals surface area contributed by atoms with Crippen LogP contribution < -0.4 is 4.49 Å². The van der Waals surface area contributed by atoms with Gasteiger partial charge in [0.15, 0.2) is 0 Å². The van der Waals surface area contributed by atoms with E-state index in [-0.39, 0.29) is 0 Å². The summed E-state index contributed by atoms with van der Waals surface area (Å²) in [5, 5.41) is 0. The summed E-state index contributed by atoms with van der Waals surface area (Å²) in [6, 6.07) is 0. The molecule has 0 rings (SSSR count). The fourth-order valence-corrected chi connectivity index (χ4v) is 3.83.